The predicted octanol–water partition coefficient (Wildman–Crippen LogP) is 2.83. The molecule has 0 fully saturated rings. The molecule has 16 heavy (non-hydrogen) atoms. The van der Waals surface area contributed by atoms with Crippen molar-refractivity contribution in [2.24, 2.45) is 0 Å². The van der Waals surface area contributed by atoms with E-state index in [1.807, 2.05) is 6.92 Å². The van der Waals surface area contributed by atoms with Gasteiger partial charge in [0, 0.05) is 12.8 Å². The van der Waals surface area contributed by atoms with E-state index < -0.39 is 0 Å². The van der Waals surface area contributed by atoms with E-state index in [1.54, 1.807) is 0 Å². The van der Waals surface area contributed by atoms with Crippen LogP contribution in [-0.2, 0) is 9.59 Å². The summed E-state index contributed by atoms with van der Waals surface area (Å²) in [5.41, 5.74) is 0. The Hall–Kier alpha value is -0.860. The van der Waals surface area contributed by atoms with Crippen molar-refractivity contribution in [2.75, 3.05) is 6.54 Å². The Bertz CT molecular complexity index is 202. The number of hydrogen-bond acceptors (Lipinski definition) is 2. The number of carbonyl (C=O) groups excluding carboxylic acids is 2. The number of hydrogen-bond donors (Lipinski definition) is 1. The number of unbranched alkanes of at least 4 members (excludes halogenated alkanes) is 4. The lowest BCUT2D eigenvalue weighted by Gasteiger charge is -2.03. The highest BCUT2D eigenvalue weighted by molar-refractivity contribution is 5.85. The molecule has 0 aliphatic rings. The lowest BCUT2D eigenvalue weighted by Crippen LogP contribution is -2.29. The zero-order valence-electron chi connectivity index (χ0n) is 10.7. The zero-order valence-corrected chi connectivity index (χ0v) is 10.7. The Morgan fingerprint density at radius 1 is 0.875 bits per heavy atom. The Morgan fingerprint density at radius 3 is 2.19 bits per heavy atom. The van der Waals surface area contributed by atoms with Crippen molar-refractivity contribution in [3.05, 3.63) is 0 Å². The van der Waals surface area contributed by atoms with Crippen molar-refractivity contribution in [3.8, 4) is 0 Å². The second kappa shape index (κ2) is 10.7. The van der Waals surface area contributed by atoms with Gasteiger partial charge in [-0.2, -0.15) is 0 Å². The fraction of sp³-hybridized carbons (Fsp3) is 0.846. The highest BCUT2D eigenvalue weighted by atomic mass is 16.2. The van der Waals surface area contributed by atoms with E-state index in [-0.39, 0.29) is 18.2 Å². The van der Waals surface area contributed by atoms with Crippen molar-refractivity contribution in [1.29, 1.82) is 0 Å². The molecule has 0 aliphatic carbocycles. The number of nitrogens with one attached hydrogen (secondary N) is 1. The Balaban J connectivity index is 3.34. The van der Waals surface area contributed by atoms with Gasteiger partial charge in [-0.3, -0.25) is 9.59 Å². The van der Waals surface area contributed by atoms with Gasteiger partial charge in [0.15, 0.2) is 5.78 Å². The van der Waals surface area contributed by atoms with E-state index in [0.717, 1.165) is 19.3 Å². The summed E-state index contributed by atoms with van der Waals surface area (Å²) in [5, 5.41) is 2.67. The molecule has 3 heteroatoms. The van der Waals surface area contributed by atoms with Gasteiger partial charge in [0.25, 0.3) is 0 Å². The van der Waals surface area contributed by atoms with Crippen molar-refractivity contribution < 1.29 is 9.59 Å². The van der Waals surface area contributed by atoms with Crippen LogP contribution in [0.1, 0.15) is 65.2 Å². The Morgan fingerprint density at radius 2 is 1.56 bits per heavy atom. The molecule has 0 saturated carbocycles. The SMILES string of the molecule is CCCCCCCC(=O)NCC(=O)CCC. The number of carbonyl (C=O) groups is 2. The molecule has 94 valence electrons. The topological polar surface area (TPSA) is 46.2 Å². The summed E-state index contributed by atoms with van der Waals surface area (Å²) in [4.78, 5) is 22.5. The first-order valence-corrected chi connectivity index (χ1v) is 6.49. The van der Waals surface area contributed by atoms with Gasteiger partial charge >= 0.3 is 0 Å². The lowest BCUT2D eigenvalue weighted by atomic mass is 10.1. The summed E-state index contributed by atoms with van der Waals surface area (Å²) >= 11 is 0. The molecule has 0 spiro atoms. The Labute approximate surface area is 99.0 Å². The molecule has 0 heterocycles. The summed E-state index contributed by atoms with van der Waals surface area (Å²) in [6, 6.07) is 0. The van der Waals surface area contributed by atoms with E-state index in [1.165, 1.54) is 19.3 Å². The number of rotatable bonds is 10. The first-order chi connectivity index (χ1) is 7.70. The molecule has 0 aromatic heterocycles. The fourth-order valence-electron chi connectivity index (χ4n) is 1.54. The van der Waals surface area contributed by atoms with E-state index >= 15 is 0 Å². The van der Waals surface area contributed by atoms with Crippen molar-refractivity contribution in [2.45, 2.75) is 65.2 Å². The molecule has 0 saturated heterocycles. The zero-order chi connectivity index (χ0) is 12.2. The second-order valence-electron chi connectivity index (χ2n) is 4.23. The lowest BCUT2D eigenvalue weighted by molar-refractivity contribution is -0.125. The molecule has 0 radical (unpaired) electrons. The molecule has 1 N–H and O–H groups in total. The molecule has 0 bridgehead atoms. The second-order valence-corrected chi connectivity index (χ2v) is 4.23. The number of ketones is 1. The molecule has 1 amide bonds. The van der Waals surface area contributed by atoms with Crippen LogP contribution in [-0.4, -0.2) is 18.2 Å². The van der Waals surface area contributed by atoms with E-state index in [2.05, 4.69) is 12.2 Å². The predicted molar refractivity (Wildman–Crippen MR) is 66.3 cm³/mol. The van der Waals surface area contributed by atoms with Crippen LogP contribution >= 0.6 is 0 Å². The average Bonchev–Trinajstić information content (AvgIpc) is 2.26. The summed E-state index contributed by atoms with van der Waals surface area (Å²) in [6.45, 7) is 4.35. The van der Waals surface area contributed by atoms with Crippen LogP contribution in [0.5, 0.6) is 0 Å². The first-order valence-electron chi connectivity index (χ1n) is 6.49. The molecule has 0 atom stereocenters. The van der Waals surface area contributed by atoms with Crippen LogP contribution < -0.4 is 5.32 Å². The maximum atomic E-state index is 11.3. The smallest absolute Gasteiger partial charge is 0.220 e. The fourth-order valence-corrected chi connectivity index (χ4v) is 1.54. The molecule has 0 aromatic rings. The van der Waals surface area contributed by atoms with Crippen molar-refractivity contribution in [1.82, 2.24) is 5.32 Å². The largest absolute Gasteiger partial charge is 0.349 e. The van der Waals surface area contributed by atoms with Gasteiger partial charge in [-0.05, 0) is 12.8 Å². The van der Waals surface area contributed by atoms with Gasteiger partial charge in [-0.25, -0.2) is 0 Å². The molecule has 3 nitrogen and oxygen atoms in total. The molecule has 0 aromatic carbocycles. The van der Waals surface area contributed by atoms with Crippen molar-refractivity contribution >= 4 is 11.7 Å². The minimum absolute atomic E-state index is 0.0148. The highest BCUT2D eigenvalue weighted by Crippen LogP contribution is 2.04. The molecule has 0 rings (SSSR count). The summed E-state index contributed by atoms with van der Waals surface area (Å²) < 4.78 is 0. The van der Waals surface area contributed by atoms with E-state index in [4.69, 9.17) is 0 Å². The molecular formula is C13H25NO2. The highest BCUT2D eigenvalue weighted by Gasteiger charge is 2.04. The van der Waals surface area contributed by atoms with Gasteiger partial charge < -0.3 is 5.32 Å². The third-order valence-corrected chi connectivity index (χ3v) is 2.52. The molecule has 0 unspecified atom stereocenters. The van der Waals surface area contributed by atoms with Crippen LogP contribution in [0, 0.1) is 0 Å². The summed E-state index contributed by atoms with van der Waals surface area (Å²) in [5.74, 6) is 0.141. The van der Waals surface area contributed by atoms with Gasteiger partial charge in [0.05, 0.1) is 6.54 Å². The average molecular weight is 227 g/mol. The normalized spacial score (nSPS) is 10.1. The summed E-state index contributed by atoms with van der Waals surface area (Å²) in [7, 11) is 0. The monoisotopic (exact) mass is 227 g/mol. The minimum atomic E-state index is 0.0148. The first kappa shape index (κ1) is 15.1. The van der Waals surface area contributed by atoms with Crippen LogP contribution in [0.3, 0.4) is 0 Å². The van der Waals surface area contributed by atoms with Gasteiger partial charge in [0.1, 0.15) is 0 Å². The third-order valence-electron chi connectivity index (χ3n) is 2.52. The number of Topliss-reactive ketones (excluding diaryl/α,β-unsaturated/α-hetero) is 1. The van der Waals surface area contributed by atoms with Gasteiger partial charge in [-0.15, -0.1) is 0 Å². The third kappa shape index (κ3) is 9.69. The summed E-state index contributed by atoms with van der Waals surface area (Å²) in [6.07, 6.45) is 7.70. The standard InChI is InChI=1S/C13H25NO2/c1-3-5-6-7-8-10-13(16)14-11-12(15)9-4-2/h3-11H2,1-2H3,(H,14,16). The minimum Gasteiger partial charge on any atom is -0.349 e. The van der Waals surface area contributed by atoms with Crippen LogP contribution in [0.4, 0.5) is 0 Å². The van der Waals surface area contributed by atoms with Gasteiger partial charge in [0.2, 0.25) is 5.91 Å². The maximum absolute atomic E-state index is 11.3. The molecule has 0 aliphatic heterocycles. The van der Waals surface area contributed by atoms with Crippen LogP contribution in [0.15, 0.2) is 0 Å². The van der Waals surface area contributed by atoms with Crippen molar-refractivity contribution in [3.63, 3.8) is 0 Å². The Kier molecular flexibility index (Phi) is 10.1. The molecular weight excluding hydrogens is 202 g/mol. The maximum Gasteiger partial charge on any atom is 0.220 e. The quantitative estimate of drug-likeness (QED) is 0.583. The van der Waals surface area contributed by atoms with E-state index in [0.29, 0.717) is 12.8 Å². The van der Waals surface area contributed by atoms with E-state index in [9.17, 15) is 9.59 Å². The number of amides is 1. The van der Waals surface area contributed by atoms with Crippen LogP contribution in [0.2, 0.25) is 0 Å². The van der Waals surface area contributed by atoms with Gasteiger partial charge in [-0.1, -0.05) is 39.5 Å². The van der Waals surface area contributed by atoms with Crippen LogP contribution in [0.25, 0.3) is 0 Å².